The number of piperazine rings is 1. The van der Waals surface area contributed by atoms with Gasteiger partial charge in [-0.3, -0.25) is 4.79 Å². The van der Waals surface area contributed by atoms with Crippen molar-refractivity contribution in [3.8, 4) is 0 Å². The van der Waals surface area contributed by atoms with Crippen molar-refractivity contribution >= 4 is 5.91 Å². The fourth-order valence-corrected chi connectivity index (χ4v) is 4.00. The molecule has 1 N–H and O–H groups in total. The van der Waals surface area contributed by atoms with Gasteiger partial charge in [0.25, 0.3) is 0 Å². The van der Waals surface area contributed by atoms with Gasteiger partial charge in [0.2, 0.25) is 5.91 Å². The van der Waals surface area contributed by atoms with Gasteiger partial charge >= 0.3 is 0 Å². The first-order valence-electron chi connectivity index (χ1n) is 8.75. The van der Waals surface area contributed by atoms with Gasteiger partial charge in [0, 0.05) is 31.1 Å². The molecule has 0 aromatic heterocycles. The van der Waals surface area contributed by atoms with Crippen molar-refractivity contribution in [2.24, 2.45) is 5.92 Å². The molecule has 3 rings (SSSR count). The van der Waals surface area contributed by atoms with Gasteiger partial charge in [0.1, 0.15) is 0 Å². The van der Waals surface area contributed by atoms with Crippen molar-refractivity contribution in [1.29, 1.82) is 0 Å². The van der Waals surface area contributed by atoms with Gasteiger partial charge in [-0.25, -0.2) is 0 Å². The van der Waals surface area contributed by atoms with E-state index in [-0.39, 0.29) is 5.92 Å². The number of hydrogen-bond acceptors (Lipinski definition) is 2. The molecule has 1 saturated heterocycles. The Morgan fingerprint density at radius 1 is 1.09 bits per heavy atom. The van der Waals surface area contributed by atoms with Crippen LogP contribution in [0.4, 0.5) is 0 Å². The largest absolute Gasteiger partial charge is 0.337 e. The Morgan fingerprint density at radius 3 is 2.45 bits per heavy atom. The molecule has 1 saturated carbocycles. The van der Waals surface area contributed by atoms with Crippen LogP contribution in [0.3, 0.4) is 0 Å². The van der Waals surface area contributed by atoms with E-state index < -0.39 is 0 Å². The van der Waals surface area contributed by atoms with Crippen LogP contribution < -0.4 is 5.32 Å². The number of benzene rings is 1. The molecule has 1 aromatic carbocycles. The Balaban J connectivity index is 1.58. The van der Waals surface area contributed by atoms with Crippen molar-refractivity contribution in [3.63, 3.8) is 0 Å². The summed E-state index contributed by atoms with van der Waals surface area (Å²) < 4.78 is 0. The lowest BCUT2D eigenvalue weighted by Gasteiger charge is -2.41. The van der Waals surface area contributed by atoms with Crippen LogP contribution in [-0.4, -0.2) is 36.0 Å². The fourth-order valence-electron chi connectivity index (χ4n) is 4.00. The molecule has 1 aromatic rings. The van der Waals surface area contributed by atoms with E-state index in [1.165, 1.54) is 5.56 Å². The Bertz CT molecular complexity index is 493. The first kappa shape index (κ1) is 15.5. The van der Waals surface area contributed by atoms with Gasteiger partial charge in [0.15, 0.2) is 0 Å². The van der Waals surface area contributed by atoms with E-state index in [4.69, 9.17) is 0 Å². The predicted octanol–water partition coefficient (Wildman–Crippen LogP) is 3.17. The average molecular weight is 300 g/mol. The molecule has 2 atom stereocenters. The van der Waals surface area contributed by atoms with Crippen LogP contribution in [0.1, 0.15) is 51.0 Å². The summed E-state index contributed by atoms with van der Waals surface area (Å²) >= 11 is 0. The van der Waals surface area contributed by atoms with Crippen molar-refractivity contribution < 1.29 is 4.79 Å². The Morgan fingerprint density at radius 2 is 1.77 bits per heavy atom. The van der Waals surface area contributed by atoms with Crippen LogP contribution in [0.25, 0.3) is 0 Å². The lowest BCUT2D eigenvalue weighted by molar-refractivity contribution is -0.140. The molecule has 1 aliphatic heterocycles. The normalized spacial score (nSPS) is 32.7. The van der Waals surface area contributed by atoms with Gasteiger partial charge in [-0.05, 0) is 51.0 Å². The first-order chi connectivity index (χ1) is 10.7. The SMILES string of the molecule is CC1NCCN(C(=O)C2CCC(c3ccccc3)CC2)C1C. The van der Waals surface area contributed by atoms with Gasteiger partial charge in [-0.1, -0.05) is 30.3 Å². The van der Waals surface area contributed by atoms with Crippen molar-refractivity contribution in [3.05, 3.63) is 35.9 Å². The molecular formula is C19H28N2O. The van der Waals surface area contributed by atoms with Gasteiger partial charge in [-0.2, -0.15) is 0 Å². The molecular weight excluding hydrogens is 272 g/mol. The molecule has 22 heavy (non-hydrogen) atoms. The minimum absolute atomic E-state index is 0.243. The second kappa shape index (κ2) is 6.82. The molecule has 3 nitrogen and oxygen atoms in total. The lowest BCUT2D eigenvalue weighted by Crippen LogP contribution is -2.58. The van der Waals surface area contributed by atoms with E-state index in [9.17, 15) is 4.79 Å². The molecule has 0 bridgehead atoms. The van der Waals surface area contributed by atoms with Crippen LogP contribution in [-0.2, 0) is 4.79 Å². The van der Waals surface area contributed by atoms with Gasteiger partial charge < -0.3 is 10.2 Å². The minimum atomic E-state index is 0.243. The maximum Gasteiger partial charge on any atom is 0.226 e. The molecule has 120 valence electrons. The van der Waals surface area contributed by atoms with E-state index in [1.807, 2.05) is 0 Å². The van der Waals surface area contributed by atoms with E-state index in [0.29, 0.717) is 23.9 Å². The molecule has 3 heteroatoms. The molecule has 1 amide bonds. The highest BCUT2D eigenvalue weighted by molar-refractivity contribution is 5.79. The molecule has 1 aliphatic carbocycles. The Hall–Kier alpha value is -1.35. The zero-order valence-corrected chi connectivity index (χ0v) is 13.8. The number of amides is 1. The monoisotopic (exact) mass is 300 g/mol. The number of nitrogens with zero attached hydrogens (tertiary/aromatic N) is 1. The summed E-state index contributed by atoms with van der Waals surface area (Å²) in [6.07, 6.45) is 4.39. The van der Waals surface area contributed by atoms with E-state index in [0.717, 1.165) is 38.8 Å². The summed E-state index contributed by atoms with van der Waals surface area (Å²) in [7, 11) is 0. The van der Waals surface area contributed by atoms with Crippen molar-refractivity contribution in [1.82, 2.24) is 10.2 Å². The quantitative estimate of drug-likeness (QED) is 0.910. The van der Waals surface area contributed by atoms with Crippen LogP contribution in [0.15, 0.2) is 30.3 Å². The second-order valence-corrected chi connectivity index (χ2v) is 6.97. The standard InChI is InChI=1S/C19H28N2O/c1-14-15(2)21(13-12-20-14)19(22)18-10-8-17(9-11-18)16-6-4-3-5-7-16/h3-7,14-15,17-18,20H,8-13H2,1-2H3. The summed E-state index contributed by atoms with van der Waals surface area (Å²) in [6, 6.07) is 11.5. The van der Waals surface area contributed by atoms with E-state index in [1.54, 1.807) is 0 Å². The summed E-state index contributed by atoms with van der Waals surface area (Å²) in [5.74, 6) is 1.28. The summed E-state index contributed by atoms with van der Waals surface area (Å²) in [4.78, 5) is 15.0. The third-order valence-electron chi connectivity index (χ3n) is 5.66. The smallest absolute Gasteiger partial charge is 0.226 e. The van der Waals surface area contributed by atoms with E-state index >= 15 is 0 Å². The second-order valence-electron chi connectivity index (χ2n) is 6.97. The maximum atomic E-state index is 12.9. The van der Waals surface area contributed by atoms with Crippen molar-refractivity contribution in [2.75, 3.05) is 13.1 Å². The highest BCUT2D eigenvalue weighted by Gasteiger charge is 2.34. The van der Waals surface area contributed by atoms with E-state index in [2.05, 4.69) is 54.4 Å². The molecule has 2 unspecified atom stereocenters. The molecule has 0 radical (unpaired) electrons. The number of carbonyl (C=O) groups excluding carboxylic acids is 1. The zero-order chi connectivity index (χ0) is 15.5. The van der Waals surface area contributed by atoms with Gasteiger partial charge in [0.05, 0.1) is 0 Å². The fraction of sp³-hybridized carbons (Fsp3) is 0.632. The van der Waals surface area contributed by atoms with Crippen LogP contribution in [0.2, 0.25) is 0 Å². The molecule has 1 heterocycles. The molecule has 2 aliphatic rings. The van der Waals surface area contributed by atoms with Gasteiger partial charge in [-0.15, -0.1) is 0 Å². The number of carbonyl (C=O) groups is 1. The van der Waals surface area contributed by atoms with Crippen LogP contribution >= 0.6 is 0 Å². The topological polar surface area (TPSA) is 32.3 Å². The summed E-state index contributed by atoms with van der Waals surface area (Å²) in [6.45, 7) is 6.14. The van der Waals surface area contributed by atoms with Crippen molar-refractivity contribution in [2.45, 2.75) is 57.5 Å². The third-order valence-corrected chi connectivity index (χ3v) is 5.66. The zero-order valence-electron chi connectivity index (χ0n) is 13.8. The molecule has 0 spiro atoms. The highest BCUT2D eigenvalue weighted by Crippen LogP contribution is 2.36. The first-order valence-corrected chi connectivity index (χ1v) is 8.75. The predicted molar refractivity (Wildman–Crippen MR) is 89.8 cm³/mol. The summed E-state index contributed by atoms with van der Waals surface area (Å²) in [5.41, 5.74) is 1.44. The number of rotatable bonds is 2. The maximum absolute atomic E-state index is 12.9. The highest BCUT2D eigenvalue weighted by atomic mass is 16.2. The van der Waals surface area contributed by atoms with Crippen LogP contribution in [0.5, 0.6) is 0 Å². The summed E-state index contributed by atoms with van der Waals surface area (Å²) in [5, 5.41) is 3.45. The number of nitrogens with one attached hydrogen (secondary N) is 1. The lowest BCUT2D eigenvalue weighted by atomic mass is 9.78. The average Bonchev–Trinajstić information content (AvgIpc) is 2.58. The number of hydrogen-bond donors (Lipinski definition) is 1. The minimum Gasteiger partial charge on any atom is -0.337 e. The molecule has 2 fully saturated rings. The van der Waals surface area contributed by atoms with Crippen LogP contribution in [0, 0.1) is 5.92 Å². The Labute approximate surface area is 134 Å². The third kappa shape index (κ3) is 3.19. The Kier molecular flexibility index (Phi) is 4.82.